The van der Waals surface area contributed by atoms with Crippen molar-refractivity contribution >= 4 is 5.91 Å². The van der Waals surface area contributed by atoms with Crippen LogP contribution in [0.15, 0.2) is 0 Å². The van der Waals surface area contributed by atoms with E-state index in [1.165, 1.54) is 0 Å². The van der Waals surface area contributed by atoms with Crippen LogP contribution in [0.3, 0.4) is 0 Å². The summed E-state index contributed by atoms with van der Waals surface area (Å²) in [7, 11) is 0. The van der Waals surface area contributed by atoms with Crippen molar-refractivity contribution < 1.29 is 4.79 Å². The molecular weight excluding hydrogens is 164 g/mol. The minimum Gasteiger partial charge on any atom is -0.355 e. The molecule has 0 aromatic carbocycles. The topological polar surface area (TPSA) is 41.1 Å². The Hall–Kier alpha value is -1.01. The van der Waals surface area contributed by atoms with Crippen LogP contribution in [0, 0.1) is 24.2 Å². The van der Waals surface area contributed by atoms with Gasteiger partial charge in [0, 0.05) is 18.9 Å². The maximum Gasteiger partial charge on any atom is 0.223 e. The summed E-state index contributed by atoms with van der Waals surface area (Å²) >= 11 is 0. The third-order valence-electron chi connectivity index (χ3n) is 2.50. The smallest absolute Gasteiger partial charge is 0.223 e. The summed E-state index contributed by atoms with van der Waals surface area (Å²) in [6, 6.07) is 0. The van der Waals surface area contributed by atoms with Gasteiger partial charge < -0.3 is 10.6 Å². The van der Waals surface area contributed by atoms with Crippen molar-refractivity contribution in [1.29, 1.82) is 0 Å². The van der Waals surface area contributed by atoms with Gasteiger partial charge in [-0.25, -0.2) is 0 Å². The highest BCUT2D eigenvalue weighted by molar-refractivity contribution is 5.78. The van der Waals surface area contributed by atoms with Gasteiger partial charge in [-0.3, -0.25) is 4.79 Å². The minimum absolute atomic E-state index is 0.110. The molecular formula is C10H16N2O. The van der Waals surface area contributed by atoms with E-state index in [4.69, 9.17) is 6.42 Å². The molecule has 3 nitrogen and oxygen atoms in total. The molecule has 0 aromatic heterocycles. The highest BCUT2D eigenvalue weighted by Gasteiger charge is 2.28. The normalized spacial score (nSPS) is 18.5. The number of nitrogens with one attached hydrogen (secondary N) is 2. The van der Waals surface area contributed by atoms with Crippen molar-refractivity contribution in [2.45, 2.75) is 13.3 Å². The molecule has 3 heteroatoms. The molecule has 72 valence electrons. The second kappa shape index (κ2) is 4.88. The third kappa shape index (κ3) is 2.74. The molecule has 0 aliphatic carbocycles. The number of amides is 1. The van der Waals surface area contributed by atoms with E-state index in [0.29, 0.717) is 18.9 Å². The Kier molecular flexibility index (Phi) is 3.78. The number of rotatable bonds is 4. The van der Waals surface area contributed by atoms with Crippen molar-refractivity contribution in [3.05, 3.63) is 0 Å². The van der Waals surface area contributed by atoms with E-state index in [1.54, 1.807) is 0 Å². The number of hydrogen-bond acceptors (Lipinski definition) is 2. The lowest BCUT2D eigenvalue weighted by Crippen LogP contribution is -2.49. The average Bonchev–Trinajstić information content (AvgIpc) is 2.01. The lowest BCUT2D eigenvalue weighted by atomic mass is 9.88. The number of carbonyl (C=O) groups is 1. The number of hydrogen-bond donors (Lipinski definition) is 2. The monoisotopic (exact) mass is 180 g/mol. The van der Waals surface area contributed by atoms with Gasteiger partial charge in [0.1, 0.15) is 0 Å². The van der Waals surface area contributed by atoms with Gasteiger partial charge in [-0.05, 0) is 19.0 Å². The van der Waals surface area contributed by atoms with Crippen LogP contribution in [0.2, 0.25) is 0 Å². The van der Waals surface area contributed by atoms with Gasteiger partial charge in [-0.1, -0.05) is 6.92 Å². The molecule has 0 spiro atoms. The van der Waals surface area contributed by atoms with Gasteiger partial charge in [0.25, 0.3) is 0 Å². The summed E-state index contributed by atoms with van der Waals surface area (Å²) in [5.74, 6) is 3.23. The molecule has 1 amide bonds. The Morgan fingerprint density at radius 1 is 1.77 bits per heavy atom. The summed E-state index contributed by atoms with van der Waals surface area (Å²) in [6.45, 7) is 4.49. The van der Waals surface area contributed by atoms with Gasteiger partial charge >= 0.3 is 0 Å². The quantitative estimate of drug-likeness (QED) is 0.471. The first kappa shape index (κ1) is 10.1. The predicted octanol–water partition coefficient (Wildman–Crippen LogP) is -0.0186. The molecule has 13 heavy (non-hydrogen) atoms. The third-order valence-corrected chi connectivity index (χ3v) is 2.50. The first-order chi connectivity index (χ1) is 6.25. The maximum absolute atomic E-state index is 11.4. The molecule has 1 aliphatic heterocycles. The van der Waals surface area contributed by atoms with Crippen molar-refractivity contribution in [1.82, 2.24) is 10.6 Å². The fourth-order valence-corrected chi connectivity index (χ4v) is 1.30. The molecule has 0 radical (unpaired) electrons. The zero-order valence-corrected chi connectivity index (χ0v) is 7.97. The maximum atomic E-state index is 11.4. The summed E-state index contributed by atoms with van der Waals surface area (Å²) in [6.07, 6.45) is 5.69. The van der Waals surface area contributed by atoms with Crippen LogP contribution in [-0.2, 0) is 4.79 Å². The number of carbonyl (C=O) groups excluding carboxylic acids is 1. The molecule has 0 bridgehead atoms. The van der Waals surface area contributed by atoms with Crippen LogP contribution in [0.1, 0.15) is 13.3 Å². The van der Waals surface area contributed by atoms with Crippen molar-refractivity contribution in [3.8, 4) is 12.3 Å². The first-order valence-corrected chi connectivity index (χ1v) is 4.67. The molecule has 0 aromatic rings. The van der Waals surface area contributed by atoms with Gasteiger partial charge in [0.2, 0.25) is 5.91 Å². The van der Waals surface area contributed by atoms with Gasteiger partial charge in [0.15, 0.2) is 0 Å². The molecule has 1 fully saturated rings. The summed E-state index contributed by atoms with van der Waals surface area (Å²) in [5, 5.41) is 5.98. The van der Waals surface area contributed by atoms with E-state index >= 15 is 0 Å². The summed E-state index contributed by atoms with van der Waals surface area (Å²) < 4.78 is 0. The van der Waals surface area contributed by atoms with Crippen molar-refractivity contribution in [2.75, 3.05) is 19.6 Å². The molecule has 0 saturated carbocycles. The van der Waals surface area contributed by atoms with E-state index in [1.807, 2.05) is 6.92 Å². The molecule has 1 unspecified atom stereocenters. The molecule has 2 N–H and O–H groups in total. The Balaban J connectivity index is 2.18. The molecule has 1 aliphatic rings. The van der Waals surface area contributed by atoms with Crippen LogP contribution < -0.4 is 10.6 Å². The molecule has 1 atom stereocenters. The van der Waals surface area contributed by atoms with Crippen LogP contribution in [-0.4, -0.2) is 25.5 Å². The van der Waals surface area contributed by atoms with Gasteiger partial charge in [-0.2, -0.15) is 0 Å². The summed E-state index contributed by atoms with van der Waals surface area (Å²) in [4.78, 5) is 11.4. The van der Waals surface area contributed by atoms with E-state index in [0.717, 1.165) is 13.1 Å². The zero-order chi connectivity index (χ0) is 9.68. The predicted molar refractivity (Wildman–Crippen MR) is 52.0 cm³/mol. The van der Waals surface area contributed by atoms with Crippen LogP contribution in [0.4, 0.5) is 0 Å². The van der Waals surface area contributed by atoms with Crippen LogP contribution >= 0.6 is 0 Å². The van der Waals surface area contributed by atoms with Crippen molar-refractivity contribution in [2.24, 2.45) is 11.8 Å². The van der Waals surface area contributed by atoms with Crippen LogP contribution in [0.5, 0.6) is 0 Å². The fourth-order valence-electron chi connectivity index (χ4n) is 1.30. The molecule has 1 rings (SSSR count). The van der Waals surface area contributed by atoms with E-state index in [2.05, 4.69) is 16.6 Å². The Bertz CT molecular complexity index is 215. The van der Waals surface area contributed by atoms with E-state index in [-0.39, 0.29) is 11.8 Å². The summed E-state index contributed by atoms with van der Waals surface area (Å²) in [5.41, 5.74) is 0. The Labute approximate surface area is 79.3 Å². The largest absolute Gasteiger partial charge is 0.355 e. The fraction of sp³-hybridized carbons (Fsp3) is 0.700. The second-order valence-electron chi connectivity index (χ2n) is 3.45. The molecule has 1 saturated heterocycles. The van der Waals surface area contributed by atoms with E-state index in [9.17, 15) is 4.79 Å². The average molecular weight is 180 g/mol. The lowest BCUT2D eigenvalue weighted by Gasteiger charge is -2.31. The number of terminal acetylenes is 1. The van der Waals surface area contributed by atoms with Crippen LogP contribution in [0.25, 0.3) is 0 Å². The highest BCUT2D eigenvalue weighted by Crippen LogP contribution is 2.15. The SMILES string of the molecule is C#CCCNC(=O)C(C)C1CNC1. The molecule has 1 heterocycles. The Morgan fingerprint density at radius 3 is 2.92 bits per heavy atom. The van der Waals surface area contributed by atoms with Crippen molar-refractivity contribution in [3.63, 3.8) is 0 Å². The zero-order valence-electron chi connectivity index (χ0n) is 7.97. The minimum atomic E-state index is 0.110. The van der Waals surface area contributed by atoms with Gasteiger partial charge in [0.05, 0.1) is 0 Å². The van der Waals surface area contributed by atoms with E-state index < -0.39 is 0 Å². The second-order valence-corrected chi connectivity index (χ2v) is 3.45. The Morgan fingerprint density at radius 2 is 2.46 bits per heavy atom. The lowest BCUT2D eigenvalue weighted by molar-refractivity contribution is -0.126. The van der Waals surface area contributed by atoms with Gasteiger partial charge in [-0.15, -0.1) is 12.3 Å². The highest BCUT2D eigenvalue weighted by atomic mass is 16.1. The first-order valence-electron chi connectivity index (χ1n) is 4.67. The standard InChI is InChI=1S/C10H16N2O/c1-3-4-5-12-10(13)8(2)9-6-11-7-9/h1,8-9,11H,4-7H2,2H3,(H,12,13).